The number of halogens is 3. The first-order valence-electron chi connectivity index (χ1n) is 5.28. The van der Waals surface area contributed by atoms with Gasteiger partial charge in [-0.3, -0.25) is 4.79 Å². The average Bonchev–Trinajstić information content (AvgIpc) is 2.31. The first-order valence-corrected chi connectivity index (χ1v) is 5.28. The summed E-state index contributed by atoms with van der Waals surface area (Å²) in [7, 11) is 3.27. The number of hydrogen-bond donors (Lipinski definition) is 0. The van der Waals surface area contributed by atoms with Crippen molar-refractivity contribution in [3.8, 4) is 5.75 Å². The summed E-state index contributed by atoms with van der Waals surface area (Å²) in [6.07, 6.45) is -5.62. The van der Waals surface area contributed by atoms with E-state index in [0.717, 1.165) is 0 Å². The molecule has 0 aliphatic heterocycles. The van der Waals surface area contributed by atoms with Crippen LogP contribution in [-0.4, -0.2) is 37.7 Å². The largest absolute Gasteiger partial charge is 0.454 e. The highest BCUT2D eigenvalue weighted by Crippen LogP contribution is 2.17. The number of alkyl halides is 3. The van der Waals surface area contributed by atoms with E-state index in [4.69, 9.17) is 0 Å². The van der Waals surface area contributed by atoms with Gasteiger partial charge in [-0.05, 0) is 17.7 Å². The molecule has 0 spiro atoms. The molecule has 0 aliphatic rings. The van der Waals surface area contributed by atoms with Crippen molar-refractivity contribution in [1.82, 2.24) is 4.90 Å². The first kappa shape index (κ1) is 14.3. The van der Waals surface area contributed by atoms with Crippen LogP contribution in [0.4, 0.5) is 13.2 Å². The van der Waals surface area contributed by atoms with Gasteiger partial charge in [-0.25, -0.2) is 8.78 Å². The quantitative estimate of drug-likeness (QED) is 0.813. The standard InChI is InChI=1S/C12H14F3NO2/c1-16(2)10(17)7-8-3-5-9(6-4-8)18-12(15)11(13)14/h3-6,11-12H,7H2,1-2H3. The Kier molecular flexibility index (Phi) is 5.00. The van der Waals surface area contributed by atoms with E-state index in [1.165, 1.54) is 29.2 Å². The second-order valence-corrected chi connectivity index (χ2v) is 3.91. The lowest BCUT2D eigenvalue weighted by molar-refractivity contribution is -0.127. The molecule has 1 aromatic rings. The van der Waals surface area contributed by atoms with Gasteiger partial charge in [0, 0.05) is 14.1 Å². The third kappa shape index (κ3) is 4.27. The Labute approximate surface area is 103 Å². The van der Waals surface area contributed by atoms with Gasteiger partial charge < -0.3 is 9.64 Å². The van der Waals surface area contributed by atoms with E-state index in [1.807, 2.05) is 0 Å². The van der Waals surface area contributed by atoms with Crippen molar-refractivity contribution in [1.29, 1.82) is 0 Å². The molecular weight excluding hydrogens is 247 g/mol. The molecule has 0 saturated heterocycles. The lowest BCUT2D eigenvalue weighted by Crippen LogP contribution is -2.23. The van der Waals surface area contributed by atoms with E-state index >= 15 is 0 Å². The maximum Gasteiger partial charge on any atom is 0.304 e. The molecule has 6 heteroatoms. The van der Waals surface area contributed by atoms with E-state index < -0.39 is 12.8 Å². The Morgan fingerprint density at radius 3 is 2.22 bits per heavy atom. The van der Waals surface area contributed by atoms with E-state index in [1.54, 1.807) is 14.1 Å². The van der Waals surface area contributed by atoms with Gasteiger partial charge in [0.15, 0.2) is 0 Å². The number of amides is 1. The van der Waals surface area contributed by atoms with Gasteiger partial charge >= 0.3 is 6.43 Å². The minimum atomic E-state index is -3.18. The Bertz CT molecular complexity index is 393. The van der Waals surface area contributed by atoms with Crippen LogP contribution in [0.25, 0.3) is 0 Å². The van der Waals surface area contributed by atoms with E-state index in [9.17, 15) is 18.0 Å². The molecule has 0 aliphatic carbocycles. The SMILES string of the molecule is CN(C)C(=O)Cc1ccc(OC(F)C(F)F)cc1. The van der Waals surface area contributed by atoms with Gasteiger partial charge in [0.25, 0.3) is 6.36 Å². The van der Waals surface area contributed by atoms with Crippen molar-refractivity contribution in [2.45, 2.75) is 19.2 Å². The monoisotopic (exact) mass is 261 g/mol. The second kappa shape index (κ2) is 6.28. The Hall–Kier alpha value is -1.72. The highest BCUT2D eigenvalue weighted by Gasteiger charge is 2.20. The summed E-state index contributed by atoms with van der Waals surface area (Å²) in [5.74, 6) is -0.0801. The third-order valence-electron chi connectivity index (χ3n) is 2.22. The lowest BCUT2D eigenvalue weighted by atomic mass is 10.1. The third-order valence-corrected chi connectivity index (χ3v) is 2.22. The highest BCUT2D eigenvalue weighted by molar-refractivity contribution is 5.78. The van der Waals surface area contributed by atoms with Crippen LogP contribution in [-0.2, 0) is 11.2 Å². The van der Waals surface area contributed by atoms with Crippen LogP contribution in [0.3, 0.4) is 0 Å². The van der Waals surface area contributed by atoms with Crippen LogP contribution in [0.2, 0.25) is 0 Å². The van der Waals surface area contributed by atoms with Gasteiger partial charge in [-0.1, -0.05) is 12.1 Å². The molecule has 100 valence electrons. The van der Waals surface area contributed by atoms with Gasteiger partial charge in [0.05, 0.1) is 6.42 Å². The van der Waals surface area contributed by atoms with Gasteiger partial charge in [-0.15, -0.1) is 0 Å². The van der Waals surface area contributed by atoms with Crippen LogP contribution in [0.5, 0.6) is 5.75 Å². The number of carbonyl (C=O) groups excluding carboxylic acids is 1. The zero-order valence-electron chi connectivity index (χ0n) is 10.1. The van der Waals surface area contributed by atoms with Crippen molar-refractivity contribution in [2.24, 2.45) is 0 Å². The number of rotatable bonds is 5. The first-order chi connectivity index (χ1) is 8.40. The number of likely N-dealkylation sites (N-methyl/N-ethyl adjacent to an activating group) is 1. The zero-order chi connectivity index (χ0) is 13.7. The maximum atomic E-state index is 12.6. The molecule has 0 radical (unpaired) electrons. The minimum Gasteiger partial charge on any atom is -0.454 e. The van der Waals surface area contributed by atoms with Crippen molar-refractivity contribution in [3.05, 3.63) is 29.8 Å². The van der Waals surface area contributed by atoms with Crippen LogP contribution in [0.15, 0.2) is 24.3 Å². The maximum absolute atomic E-state index is 12.6. The van der Waals surface area contributed by atoms with Crippen molar-refractivity contribution < 1.29 is 22.7 Å². The molecule has 1 atom stereocenters. The van der Waals surface area contributed by atoms with Crippen LogP contribution in [0, 0.1) is 0 Å². The van der Waals surface area contributed by atoms with Crippen molar-refractivity contribution in [3.63, 3.8) is 0 Å². The minimum absolute atomic E-state index is 0.00357. The summed E-state index contributed by atoms with van der Waals surface area (Å²) in [4.78, 5) is 12.8. The number of nitrogens with zero attached hydrogens (tertiary/aromatic N) is 1. The topological polar surface area (TPSA) is 29.5 Å². The van der Waals surface area contributed by atoms with E-state index in [2.05, 4.69) is 4.74 Å². The van der Waals surface area contributed by atoms with Crippen molar-refractivity contribution >= 4 is 5.91 Å². The number of carbonyl (C=O) groups is 1. The second-order valence-electron chi connectivity index (χ2n) is 3.91. The molecule has 0 aromatic heterocycles. The molecule has 0 N–H and O–H groups in total. The fourth-order valence-corrected chi connectivity index (χ4v) is 1.20. The molecule has 3 nitrogen and oxygen atoms in total. The Morgan fingerprint density at radius 2 is 1.78 bits per heavy atom. The Morgan fingerprint density at radius 1 is 1.22 bits per heavy atom. The fraction of sp³-hybridized carbons (Fsp3) is 0.417. The highest BCUT2D eigenvalue weighted by atomic mass is 19.3. The van der Waals surface area contributed by atoms with Gasteiger partial charge in [0.1, 0.15) is 5.75 Å². The molecular formula is C12H14F3NO2. The summed E-state index contributed by atoms with van der Waals surface area (Å²) in [5.41, 5.74) is 0.702. The molecule has 0 heterocycles. The molecule has 0 fully saturated rings. The normalized spacial score (nSPS) is 12.3. The number of benzene rings is 1. The summed E-state index contributed by atoms with van der Waals surface area (Å²) < 4.78 is 40.8. The van der Waals surface area contributed by atoms with Crippen molar-refractivity contribution in [2.75, 3.05) is 14.1 Å². The predicted octanol–water partition coefficient (Wildman–Crippen LogP) is 2.26. The zero-order valence-corrected chi connectivity index (χ0v) is 10.1. The lowest BCUT2D eigenvalue weighted by Gasteiger charge is -2.12. The Balaban J connectivity index is 2.60. The summed E-state index contributed by atoms with van der Waals surface area (Å²) >= 11 is 0. The number of hydrogen-bond acceptors (Lipinski definition) is 2. The van der Waals surface area contributed by atoms with Crippen LogP contribution >= 0.6 is 0 Å². The van der Waals surface area contributed by atoms with Gasteiger partial charge in [-0.2, -0.15) is 4.39 Å². The molecule has 1 amide bonds. The smallest absolute Gasteiger partial charge is 0.304 e. The molecule has 1 unspecified atom stereocenters. The number of ether oxygens (including phenoxy) is 1. The summed E-state index contributed by atoms with van der Waals surface area (Å²) in [6, 6.07) is 5.78. The van der Waals surface area contributed by atoms with Crippen LogP contribution in [0.1, 0.15) is 5.56 Å². The van der Waals surface area contributed by atoms with Crippen LogP contribution < -0.4 is 4.74 Å². The molecule has 0 saturated carbocycles. The summed E-state index contributed by atoms with van der Waals surface area (Å²) in [5, 5.41) is 0. The van der Waals surface area contributed by atoms with Gasteiger partial charge in [0.2, 0.25) is 5.91 Å². The fourth-order valence-electron chi connectivity index (χ4n) is 1.20. The van der Waals surface area contributed by atoms with E-state index in [0.29, 0.717) is 5.56 Å². The molecule has 0 bridgehead atoms. The molecule has 1 aromatic carbocycles. The summed E-state index contributed by atoms with van der Waals surface area (Å²) in [6.45, 7) is 0. The molecule has 1 rings (SSSR count). The van der Waals surface area contributed by atoms with E-state index in [-0.39, 0.29) is 18.1 Å². The predicted molar refractivity (Wildman–Crippen MR) is 60.4 cm³/mol. The average molecular weight is 261 g/mol. The molecule has 18 heavy (non-hydrogen) atoms.